The summed E-state index contributed by atoms with van der Waals surface area (Å²) in [6, 6.07) is 17.9. The van der Waals surface area contributed by atoms with Crippen LogP contribution in [0.3, 0.4) is 0 Å². The van der Waals surface area contributed by atoms with Crippen molar-refractivity contribution in [1.82, 2.24) is 9.47 Å². The summed E-state index contributed by atoms with van der Waals surface area (Å²) in [6.07, 6.45) is 2.11. The summed E-state index contributed by atoms with van der Waals surface area (Å²) in [5.74, 6) is 0.717. The van der Waals surface area contributed by atoms with Crippen LogP contribution in [0.5, 0.6) is 5.75 Å². The summed E-state index contributed by atoms with van der Waals surface area (Å²) in [5.41, 5.74) is 4.07. The van der Waals surface area contributed by atoms with E-state index in [0.717, 1.165) is 30.0 Å². The lowest BCUT2D eigenvalue weighted by Gasteiger charge is -2.38. The predicted octanol–water partition coefficient (Wildman–Crippen LogP) is 3.87. The van der Waals surface area contributed by atoms with E-state index >= 15 is 0 Å². The molecule has 0 bridgehead atoms. The second kappa shape index (κ2) is 7.35. The molecule has 0 spiro atoms. The fraction of sp³-hybridized carbons (Fsp3) is 0.273. The Morgan fingerprint density at radius 1 is 1.10 bits per heavy atom. The molecule has 0 radical (unpaired) electrons. The maximum Gasteiger partial charge on any atom is 0.270 e. The number of benzene rings is 2. The SMILES string of the molecule is O=[N+]([O-])c1cc2c(c(CN3CCn4cccc4C3c3ccccc3)c1)OCOC2. The Hall–Kier alpha value is -3.16. The molecule has 7 heteroatoms. The molecule has 2 aliphatic heterocycles. The van der Waals surface area contributed by atoms with Crippen LogP contribution in [0.2, 0.25) is 0 Å². The van der Waals surface area contributed by atoms with Gasteiger partial charge in [-0.2, -0.15) is 0 Å². The maximum atomic E-state index is 11.5. The molecule has 0 aliphatic carbocycles. The van der Waals surface area contributed by atoms with Crippen molar-refractivity contribution in [3.63, 3.8) is 0 Å². The second-order valence-electron chi connectivity index (χ2n) is 7.37. The molecule has 0 saturated heterocycles. The smallest absolute Gasteiger partial charge is 0.270 e. The normalized spacial score (nSPS) is 18.6. The summed E-state index contributed by atoms with van der Waals surface area (Å²) in [5, 5.41) is 11.5. The quantitative estimate of drug-likeness (QED) is 0.499. The number of nitro groups is 1. The fourth-order valence-electron chi connectivity index (χ4n) is 4.34. The lowest BCUT2D eigenvalue weighted by molar-refractivity contribution is -0.385. The minimum absolute atomic E-state index is 0.0736. The number of non-ortho nitro benzene ring substituents is 1. The van der Waals surface area contributed by atoms with E-state index in [-0.39, 0.29) is 23.4 Å². The summed E-state index contributed by atoms with van der Waals surface area (Å²) < 4.78 is 13.4. The van der Waals surface area contributed by atoms with Gasteiger partial charge in [0.05, 0.1) is 17.6 Å². The van der Waals surface area contributed by atoms with Gasteiger partial charge in [-0.15, -0.1) is 0 Å². The van der Waals surface area contributed by atoms with Gasteiger partial charge in [0, 0.05) is 54.8 Å². The maximum absolute atomic E-state index is 11.5. The molecule has 0 fully saturated rings. The Balaban J connectivity index is 1.56. The number of rotatable bonds is 4. The van der Waals surface area contributed by atoms with E-state index < -0.39 is 0 Å². The monoisotopic (exact) mass is 391 g/mol. The Morgan fingerprint density at radius 3 is 2.79 bits per heavy atom. The molecule has 3 aromatic rings. The highest BCUT2D eigenvalue weighted by Gasteiger charge is 2.31. The van der Waals surface area contributed by atoms with Gasteiger partial charge in [-0.05, 0) is 17.7 Å². The van der Waals surface area contributed by atoms with E-state index in [1.54, 1.807) is 12.1 Å². The molecule has 3 heterocycles. The van der Waals surface area contributed by atoms with Gasteiger partial charge in [0.1, 0.15) is 5.75 Å². The van der Waals surface area contributed by atoms with Crippen LogP contribution >= 0.6 is 0 Å². The minimum Gasteiger partial charge on any atom is -0.467 e. The summed E-state index contributed by atoms with van der Waals surface area (Å²) in [4.78, 5) is 13.5. The second-order valence-corrected chi connectivity index (χ2v) is 7.37. The number of hydrogen-bond acceptors (Lipinski definition) is 5. The van der Waals surface area contributed by atoms with E-state index in [9.17, 15) is 10.1 Å². The van der Waals surface area contributed by atoms with Gasteiger partial charge >= 0.3 is 0 Å². The third-order valence-corrected chi connectivity index (χ3v) is 5.61. The standard InChI is InChI=1S/C22H21N3O4/c26-25(27)19-11-17(22-18(12-19)14-28-15-29-22)13-24-10-9-23-8-4-7-20(23)21(24)16-5-2-1-3-6-16/h1-8,11-12,21H,9-10,13-15H2. The zero-order valence-corrected chi connectivity index (χ0v) is 15.9. The predicted molar refractivity (Wildman–Crippen MR) is 107 cm³/mol. The van der Waals surface area contributed by atoms with Gasteiger partial charge in [0.15, 0.2) is 6.79 Å². The molecule has 1 aromatic heterocycles. The summed E-state index contributed by atoms with van der Waals surface area (Å²) in [7, 11) is 0. The molecule has 1 unspecified atom stereocenters. The topological polar surface area (TPSA) is 69.8 Å². The van der Waals surface area contributed by atoms with Crippen molar-refractivity contribution in [2.24, 2.45) is 0 Å². The first kappa shape index (κ1) is 17.9. The van der Waals surface area contributed by atoms with Crippen LogP contribution in [-0.4, -0.2) is 27.7 Å². The first-order chi connectivity index (χ1) is 14.2. The van der Waals surface area contributed by atoms with Crippen molar-refractivity contribution in [2.45, 2.75) is 25.7 Å². The molecule has 1 atom stereocenters. The first-order valence-electron chi connectivity index (χ1n) is 9.65. The van der Waals surface area contributed by atoms with Gasteiger partial charge in [-0.3, -0.25) is 15.0 Å². The van der Waals surface area contributed by atoms with E-state index in [0.29, 0.717) is 13.2 Å². The molecule has 148 valence electrons. The Labute approximate surface area is 168 Å². The number of fused-ring (bicyclic) bond motifs is 2. The Morgan fingerprint density at radius 2 is 1.97 bits per heavy atom. The van der Waals surface area contributed by atoms with E-state index in [1.165, 1.54) is 11.3 Å². The van der Waals surface area contributed by atoms with Crippen LogP contribution in [-0.2, 0) is 24.4 Å². The lowest BCUT2D eigenvalue weighted by atomic mass is 9.98. The number of ether oxygens (including phenoxy) is 2. The number of nitrogens with zero attached hydrogens (tertiary/aromatic N) is 3. The summed E-state index contributed by atoms with van der Waals surface area (Å²) >= 11 is 0. The van der Waals surface area contributed by atoms with E-state index in [1.807, 2.05) is 18.2 Å². The molecule has 5 rings (SSSR count). The summed E-state index contributed by atoms with van der Waals surface area (Å²) in [6.45, 7) is 2.79. The lowest BCUT2D eigenvalue weighted by Crippen LogP contribution is -2.38. The van der Waals surface area contributed by atoms with Gasteiger partial charge in [0.2, 0.25) is 0 Å². The van der Waals surface area contributed by atoms with Crippen LogP contribution in [0.25, 0.3) is 0 Å². The van der Waals surface area contributed by atoms with E-state index in [2.05, 4.69) is 39.9 Å². The van der Waals surface area contributed by atoms with Crippen molar-refractivity contribution in [3.8, 4) is 5.75 Å². The Kier molecular flexibility index (Phi) is 4.54. The fourth-order valence-corrected chi connectivity index (χ4v) is 4.34. The largest absolute Gasteiger partial charge is 0.467 e. The van der Waals surface area contributed by atoms with Crippen molar-refractivity contribution in [1.29, 1.82) is 0 Å². The molecular weight excluding hydrogens is 370 g/mol. The van der Waals surface area contributed by atoms with Crippen LogP contribution in [0.1, 0.15) is 28.4 Å². The van der Waals surface area contributed by atoms with E-state index in [4.69, 9.17) is 9.47 Å². The zero-order chi connectivity index (χ0) is 19.8. The van der Waals surface area contributed by atoms with Gasteiger partial charge in [0.25, 0.3) is 5.69 Å². The van der Waals surface area contributed by atoms with Gasteiger partial charge in [-0.1, -0.05) is 30.3 Å². The van der Waals surface area contributed by atoms with Crippen molar-refractivity contribution >= 4 is 5.69 Å². The molecule has 0 saturated carbocycles. The highest BCUT2D eigenvalue weighted by atomic mass is 16.7. The average Bonchev–Trinajstić information content (AvgIpc) is 3.23. The molecule has 0 N–H and O–H groups in total. The van der Waals surface area contributed by atoms with Crippen molar-refractivity contribution in [3.05, 3.63) is 93.3 Å². The average molecular weight is 391 g/mol. The van der Waals surface area contributed by atoms with Crippen LogP contribution in [0, 0.1) is 10.1 Å². The third kappa shape index (κ3) is 3.28. The first-order valence-corrected chi connectivity index (χ1v) is 9.65. The number of nitro benzene ring substituents is 1. The van der Waals surface area contributed by atoms with Crippen molar-refractivity contribution in [2.75, 3.05) is 13.3 Å². The Bertz CT molecular complexity index is 1050. The zero-order valence-electron chi connectivity index (χ0n) is 15.9. The number of hydrogen-bond donors (Lipinski definition) is 0. The number of aromatic nitrogens is 1. The third-order valence-electron chi connectivity index (χ3n) is 5.61. The van der Waals surface area contributed by atoms with Crippen LogP contribution < -0.4 is 4.74 Å². The molecule has 7 nitrogen and oxygen atoms in total. The van der Waals surface area contributed by atoms with Gasteiger partial charge < -0.3 is 14.0 Å². The molecule has 2 aliphatic rings. The minimum atomic E-state index is -0.353. The van der Waals surface area contributed by atoms with Gasteiger partial charge in [-0.25, -0.2) is 0 Å². The molecule has 29 heavy (non-hydrogen) atoms. The highest BCUT2D eigenvalue weighted by molar-refractivity contribution is 5.50. The molecule has 2 aromatic carbocycles. The van der Waals surface area contributed by atoms with Crippen LogP contribution in [0.4, 0.5) is 5.69 Å². The molecular formula is C22H21N3O4. The van der Waals surface area contributed by atoms with Crippen molar-refractivity contribution < 1.29 is 14.4 Å². The molecule has 0 amide bonds. The highest BCUT2D eigenvalue weighted by Crippen LogP contribution is 2.38. The van der Waals surface area contributed by atoms with Crippen LogP contribution in [0.15, 0.2) is 60.8 Å².